The molecule has 0 aromatic heterocycles. The van der Waals surface area contributed by atoms with Gasteiger partial charge in [-0.15, -0.1) is 0 Å². The quantitative estimate of drug-likeness (QED) is 0.0839. The third-order valence-electron chi connectivity index (χ3n) is 6.13. The number of carbonyl (C=O) groups excluding carboxylic acids is 1. The van der Waals surface area contributed by atoms with Crippen LogP contribution in [-0.2, 0) is 16.1 Å². The number of oxime groups is 1. The molecule has 0 aliphatic heterocycles. The molecule has 0 aliphatic carbocycles. The van der Waals surface area contributed by atoms with Crippen LogP contribution in [0.4, 0.5) is 0 Å². The summed E-state index contributed by atoms with van der Waals surface area (Å²) in [5, 5.41) is 7.24. The van der Waals surface area contributed by atoms with Gasteiger partial charge < -0.3 is 10.2 Å². The molecule has 0 unspecified atom stereocenters. The number of hydrogen-bond acceptors (Lipinski definition) is 3. The number of rotatable bonds is 20. The molecular formula is C32H56N2O2. The molecule has 1 aromatic carbocycles. The van der Waals surface area contributed by atoms with Crippen molar-refractivity contribution in [2.45, 2.75) is 131 Å². The van der Waals surface area contributed by atoms with Crippen molar-refractivity contribution in [1.82, 2.24) is 5.32 Å². The van der Waals surface area contributed by atoms with Gasteiger partial charge in [-0.3, -0.25) is 4.79 Å². The van der Waals surface area contributed by atoms with Crippen molar-refractivity contribution in [3.05, 3.63) is 47.7 Å². The molecule has 1 N–H and O–H groups in total. The van der Waals surface area contributed by atoms with Crippen LogP contribution in [-0.4, -0.2) is 18.2 Å². The zero-order valence-corrected chi connectivity index (χ0v) is 24.5. The first-order valence-corrected chi connectivity index (χ1v) is 14.8. The fourth-order valence-corrected chi connectivity index (χ4v) is 3.94. The summed E-state index contributed by atoms with van der Waals surface area (Å²) in [6.45, 7) is 16.8. The van der Waals surface area contributed by atoms with E-state index in [9.17, 15) is 4.79 Å². The van der Waals surface area contributed by atoms with E-state index in [1.165, 1.54) is 69.8 Å². The largest absolute Gasteiger partial charge is 0.360 e. The molecule has 0 radical (unpaired) electrons. The van der Waals surface area contributed by atoms with Crippen molar-refractivity contribution in [2.75, 3.05) is 6.54 Å². The molecule has 36 heavy (non-hydrogen) atoms. The highest BCUT2D eigenvalue weighted by molar-refractivity contribution is 6.01. The highest BCUT2D eigenvalue weighted by Gasteiger charge is 2.11. The van der Waals surface area contributed by atoms with Gasteiger partial charge in [-0.25, -0.2) is 0 Å². The average molecular weight is 501 g/mol. The minimum Gasteiger partial charge on any atom is -0.360 e. The molecule has 0 saturated carbocycles. The molecule has 0 bridgehead atoms. The predicted octanol–water partition coefficient (Wildman–Crippen LogP) is 9.37. The highest BCUT2D eigenvalue weighted by Crippen LogP contribution is 2.15. The lowest BCUT2D eigenvalue weighted by atomic mass is 9.97. The highest BCUT2D eigenvalue weighted by atomic mass is 16.6. The number of hydrogen-bond donors (Lipinski definition) is 1. The Labute approximate surface area is 223 Å². The number of amides is 1. The van der Waals surface area contributed by atoms with E-state index in [0.717, 1.165) is 30.5 Å². The van der Waals surface area contributed by atoms with Crippen molar-refractivity contribution >= 4 is 11.6 Å². The van der Waals surface area contributed by atoms with Gasteiger partial charge in [0.2, 0.25) is 5.91 Å². The van der Waals surface area contributed by atoms with Gasteiger partial charge in [0.05, 0.1) is 12.3 Å². The Morgan fingerprint density at radius 1 is 0.861 bits per heavy atom. The molecule has 4 nitrogen and oxygen atoms in total. The lowest BCUT2D eigenvalue weighted by molar-refractivity contribution is -0.121. The molecule has 0 saturated heterocycles. The van der Waals surface area contributed by atoms with Gasteiger partial charge in [-0.2, -0.15) is 0 Å². The molecule has 206 valence electrons. The molecule has 1 rings (SSSR count). The first kappa shape index (κ1) is 33.9. The number of unbranched alkanes of at least 4 members (excludes halogenated alkanes) is 10. The third kappa shape index (κ3) is 17.3. The maximum atomic E-state index is 11.9. The molecule has 0 atom stereocenters. The van der Waals surface area contributed by atoms with E-state index in [1.54, 1.807) is 0 Å². The third-order valence-corrected chi connectivity index (χ3v) is 6.13. The standard InChI is InChI=1S/C30H50N2O2.C2H6/c1-6-8-10-12-13-14-15-16-18-27-20-22-28(23-21-27)30(25(3)4)32-34-26(5)24-31-29(33)19-17-11-9-7-2;1-2/h20-23,25H,5-19,24H2,1-4H3,(H,31,33);1-2H3/b32-30+;. The van der Waals surface area contributed by atoms with Crippen molar-refractivity contribution < 1.29 is 9.63 Å². The monoisotopic (exact) mass is 500 g/mol. The van der Waals surface area contributed by atoms with Gasteiger partial charge in [0, 0.05) is 6.42 Å². The Balaban J connectivity index is 0.00000596. The average Bonchev–Trinajstić information content (AvgIpc) is 2.89. The van der Waals surface area contributed by atoms with Crippen LogP contribution in [0.2, 0.25) is 0 Å². The first-order chi connectivity index (χ1) is 17.5. The van der Waals surface area contributed by atoms with Crippen LogP contribution < -0.4 is 5.32 Å². The van der Waals surface area contributed by atoms with E-state index < -0.39 is 0 Å². The fraction of sp³-hybridized carbons (Fsp3) is 0.688. The summed E-state index contributed by atoms with van der Waals surface area (Å²) in [6.07, 6.45) is 16.8. The zero-order chi connectivity index (χ0) is 27.0. The van der Waals surface area contributed by atoms with Crippen LogP contribution in [0, 0.1) is 5.92 Å². The van der Waals surface area contributed by atoms with E-state index in [1.807, 2.05) is 13.8 Å². The van der Waals surface area contributed by atoms with Crippen LogP contribution in [0.25, 0.3) is 0 Å². The Bertz CT molecular complexity index is 707. The Morgan fingerprint density at radius 2 is 1.39 bits per heavy atom. The normalized spacial score (nSPS) is 11.1. The van der Waals surface area contributed by atoms with Crippen LogP contribution in [0.3, 0.4) is 0 Å². The fourth-order valence-electron chi connectivity index (χ4n) is 3.94. The van der Waals surface area contributed by atoms with Gasteiger partial charge >= 0.3 is 0 Å². The van der Waals surface area contributed by atoms with Crippen molar-refractivity contribution in [3.63, 3.8) is 0 Å². The second-order valence-electron chi connectivity index (χ2n) is 9.77. The van der Waals surface area contributed by atoms with Crippen LogP contribution in [0.1, 0.15) is 136 Å². The number of carbonyl (C=O) groups is 1. The molecule has 0 spiro atoms. The zero-order valence-electron chi connectivity index (χ0n) is 24.5. The van der Waals surface area contributed by atoms with Gasteiger partial charge in [-0.1, -0.05) is 142 Å². The summed E-state index contributed by atoms with van der Waals surface area (Å²) in [5.74, 6) is 0.715. The van der Waals surface area contributed by atoms with E-state index in [2.05, 4.69) is 69.0 Å². The van der Waals surface area contributed by atoms with Crippen LogP contribution in [0.15, 0.2) is 41.8 Å². The van der Waals surface area contributed by atoms with Crippen molar-refractivity contribution in [3.8, 4) is 0 Å². The molecular weight excluding hydrogens is 444 g/mol. The number of benzene rings is 1. The minimum absolute atomic E-state index is 0.0426. The second-order valence-corrected chi connectivity index (χ2v) is 9.77. The van der Waals surface area contributed by atoms with Gasteiger partial charge in [0.25, 0.3) is 0 Å². The van der Waals surface area contributed by atoms with Crippen LogP contribution in [0.5, 0.6) is 0 Å². The van der Waals surface area contributed by atoms with Crippen molar-refractivity contribution in [1.29, 1.82) is 0 Å². The lowest BCUT2D eigenvalue weighted by Crippen LogP contribution is -2.25. The number of nitrogens with one attached hydrogen (secondary N) is 1. The smallest absolute Gasteiger partial charge is 0.220 e. The predicted molar refractivity (Wildman–Crippen MR) is 157 cm³/mol. The molecule has 0 fully saturated rings. The first-order valence-electron chi connectivity index (χ1n) is 14.8. The molecule has 1 amide bonds. The summed E-state index contributed by atoms with van der Waals surface area (Å²) < 4.78 is 0. The van der Waals surface area contributed by atoms with E-state index in [0.29, 0.717) is 18.7 Å². The lowest BCUT2D eigenvalue weighted by Gasteiger charge is -2.12. The minimum atomic E-state index is 0.0426. The molecule has 1 aromatic rings. The Morgan fingerprint density at radius 3 is 1.94 bits per heavy atom. The summed E-state index contributed by atoms with van der Waals surface area (Å²) >= 11 is 0. The maximum Gasteiger partial charge on any atom is 0.220 e. The second kappa shape index (κ2) is 23.3. The van der Waals surface area contributed by atoms with E-state index >= 15 is 0 Å². The molecule has 0 heterocycles. The van der Waals surface area contributed by atoms with Crippen LogP contribution >= 0.6 is 0 Å². The summed E-state index contributed by atoms with van der Waals surface area (Å²) in [6, 6.07) is 8.70. The van der Waals surface area contributed by atoms with Gasteiger partial charge in [0.1, 0.15) is 5.76 Å². The SMILES string of the molecule is C=C(CNC(=O)CCCCCC)O/N=C(/c1ccc(CCCCCCCCCC)cc1)C(C)C.CC. The topological polar surface area (TPSA) is 50.7 Å². The molecule has 0 aliphatic rings. The molecule has 4 heteroatoms. The van der Waals surface area contributed by atoms with E-state index in [-0.39, 0.29) is 11.8 Å². The Kier molecular flexibility index (Phi) is 21.9. The number of aryl methyl sites for hydroxylation is 1. The Hall–Kier alpha value is -2.10. The number of nitrogens with zero attached hydrogens (tertiary/aromatic N) is 1. The summed E-state index contributed by atoms with van der Waals surface area (Å²) in [4.78, 5) is 17.5. The van der Waals surface area contributed by atoms with Gasteiger partial charge in [-0.05, 0) is 36.3 Å². The summed E-state index contributed by atoms with van der Waals surface area (Å²) in [7, 11) is 0. The summed E-state index contributed by atoms with van der Waals surface area (Å²) in [5.41, 5.74) is 3.35. The van der Waals surface area contributed by atoms with E-state index in [4.69, 9.17) is 4.84 Å². The maximum absolute atomic E-state index is 11.9. The van der Waals surface area contributed by atoms with Gasteiger partial charge in [0.15, 0.2) is 0 Å². The van der Waals surface area contributed by atoms with Crippen molar-refractivity contribution in [2.24, 2.45) is 11.1 Å².